The summed E-state index contributed by atoms with van der Waals surface area (Å²) in [5.74, 6) is -0.947. The number of carbonyl (C=O) groups excluding carboxylic acids is 2. The quantitative estimate of drug-likeness (QED) is 0.177. The Morgan fingerprint density at radius 2 is 1.48 bits per heavy atom. The van der Waals surface area contributed by atoms with Crippen molar-refractivity contribution in [3.63, 3.8) is 0 Å². The molecule has 11 heteroatoms. The highest BCUT2D eigenvalue weighted by Crippen LogP contribution is 2.29. The van der Waals surface area contributed by atoms with Gasteiger partial charge >= 0.3 is 0 Å². The zero-order valence-electron chi connectivity index (χ0n) is 24.2. The molecule has 44 heavy (non-hydrogen) atoms. The number of nitrogens with zero attached hydrogens (tertiary/aromatic N) is 2. The van der Waals surface area contributed by atoms with E-state index in [1.54, 1.807) is 56.3 Å². The Morgan fingerprint density at radius 1 is 0.818 bits per heavy atom. The van der Waals surface area contributed by atoms with Gasteiger partial charge in [-0.05, 0) is 73.0 Å². The number of carbonyl (C=O) groups is 2. The number of amides is 2. The van der Waals surface area contributed by atoms with Crippen LogP contribution in [-0.4, -0.2) is 44.3 Å². The molecule has 0 spiro atoms. The van der Waals surface area contributed by atoms with E-state index in [1.807, 2.05) is 30.3 Å². The number of anilines is 1. The molecule has 0 fully saturated rings. The predicted molar refractivity (Wildman–Crippen MR) is 177 cm³/mol. The molecular weight excluding hydrogens is 641 g/mol. The third-order valence-electron chi connectivity index (χ3n) is 7.02. The van der Waals surface area contributed by atoms with Crippen molar-refractivity contribution in [2.45, 2.75) is 37.8 Å². The first-order valence-corrected chi connectivity index (χ1v) is 16.5. The van der Waals surface area contributed by atoms with Crippen molar-refractivity contribution in [3.05, 3.63) is 129 Å². The van der Waals surface area contributed by atoms with E-state index in [1.165, 1.54) is 29.2 Å². The van der Waals surface area contributed by atoms with E-state index in [2.05, 4.69) is 5.32 Å². The van der Waals surface area contributed by atoms with Gasteiger partial charge in [0, 0.05) is 24.5 Å². The first kappa shape index (κ1) is 33.3. The largest absolute Gasteiger partial charge is 0.355 e. The number of likely N-dealkylation sites (N-methyl/N-ethyl adjacent to an activating group) is 1. The van der Waals surface area contributed by atoms with Crippen molar-refractivity contribution in [1.82, 2.24) is 10.2 Å². The van der Waals surface area contributed by atoms with Gasteiger partial charge in [-0.2, -0.15) is 0 Å². The normalized spacial score (nSPS) is 11.9. The molecule has 0 aromatic heterocycles. The molecule has 0 unspecified atom stereocenters. The minimum absolute atomic E-state index is 0.0209. The second kappa shape index (κ2) is 14.9. The summed E-state index contributed by atoms with van der Waals surface area (Å²) in [5.41, 5.74) is 2.44. The SMILES string of the molecule is CCNC(=O)[C@H](Cc1ccccc1)N(Cc1ccc(Cl)c(Cl)c1)C(=O)CN(c1ccccc1C)S(=O)(=O)c1ccc(Cl)cc1. The van der Waals surface area contributed by atoms with Crippen molar-refractivity contribution in [2.75, 3.05) is 17.4 Å². The Labute approximate surface area is 273 Å². The molecule has 0 saturated carbocycles. The number of benzene rings is 4. The van der Waals surface area contributed by atoms with Gasteiger partial charge in [0.1, 0.15) is 12.6 Å². The molecule has 2 amide bonds. The summed E-state index contributed by atoms with van der Waals surface area (Å²) in [4.78, 5) is 29.4. The molecule has 230 valence electrons. The molecular formula is C33H32Cl3N3O4S. The molecule has 7 nitrogen and oxygen atoms in total. The molecule has 0 aliphatic heterocycles. The smallest absolute Gasteiger partial charge is 0.264 e. The monoisotopic (exact) mass is 671 g/mol. The fourth-order valence-electron chi connectivity index (χ4n) is 4.77. The fourth-order valence-corrected chi connectivity index (χ4v) is 6.70. The van der Waals surface area contributed by atoms with Gasteiger partial charge < -0.3 is 10.2 Å². The second-order valence-electron chi connectivity index (χ2n) is 10.1. The summed E-state index contributed by atoms with van der Waals surface area (Å²) >= 11 is 18.5. The lowest BCUT2D eigenvalue weighted by Gasteiger charge is -2.34. The van der Waals surface area contributed by atoms with Crippen molar-refractivity contribution in [1.29, 1.82) is 0 Å². The number of sulfonamides is 1. The van der Waals surface area contributed by atoms with Crippen LogP contribution in [0.3, 0.4) is 0 Å². The first-order valence-electron chi connectivity index (χ1n) is 13.9. The molecule has 0 saturated heterocycles. The van der Waals surface area contributed by atoms with Crippen LogP contribution in [0.5, 0.6) is 0 Å². The lowest BCUT2D eigenvalue weighted by molar-refractivity contribution is -0.140. The Balaban J connectivity index is 1.82. The van der Waals surface area contributed by atoms with Crippen LogP contribution in [-0.2, 0) is 32.6 Å². The van der Waals surface area contributed by atoms with E-state index >= 15 is 0 Å². The first-order chi connectivity index (χ1) is 21.0. The van der Waals surface area contributed by atoms with Crippen molar-refractivity contribution < 1.29 is 18.0 Å². The summed E-state index contributed by atoms with van der Waals surface area (Å²) in [5, 5.41) is 3.85. The molecule has 0 aliphatic rings. The maximum atomic E-state index is 14.4. The molecule has 1 atom stereocenters. The van der Waals surface area contributed by atoms with Crippen LogP contribution in [0.15, 0.2) is 102 Å². The van der Waals surface area contributed by atoms with Gasteiger partial charge in [-0.15, -0.1) is 0 Å². The standard InChI is InChI=1S/C33H32Cl3N3O4S/c1-3-37-33(41)31(20-24-10-5-4-6-11-24)38(21-25-13-18-28(35)29(36)19-25)32(40)22-39(30-12-8-7-9-23(30)2)44(42,43)27-16-14-26(34)15-17-27/h4-19,31H,3,20-22H2,1-2H3,(H,37,41)/t31-/m0/s1. The van der Waals surface area contributed by atoms with Crippen molar-refractivity contribution in [3.8, 4) is 0 Å². The van der Waals surface area contributed by atoms with E-state index in [4.69, 9.17) is 34.8 Å². The summed E-state index contributed by atoms with van der Waals surface area (Å²) in [6.45, 7) is 3.32. The summed E-state index contributed by atoms with van der Waals surface area (Å²) in [6, 6.07) is 26.0. The van der Waals surface area contributed by atoms with Gasteiger partial charge in [-0.3, -0.25) is 13.9 Å². The van der Waals surface area contributed by atoms with Gasteiger partial charge in [0.15, 0.2) is 0 Å². The van der Waals surface area contributed by atoms with Crippen molar-refractivity contribution in [2.24, 2.45) is 0 Å². The van der Waals surface area contributed by atoms with Crippen LogP contribution in [0.2, 0.25) is 15.1 Å². The Morgan fingerprint density at radius 3 is 2.11 bits per heavy atom. The Hall–Kier alpha value is -3.56. The fraction of sp³-hybridized carbons (Fsp3) is 0.212. The summed E-state index contributed by atoms with van der Waals surface area (Å²) < 4.78 is 29.3. The highest BCUT2D eigenvalue weighted by Gasteiger charge is 2.35. The van der Waals surface area contributed by atoms with Crippen LogP contribution >= 0.6 is 34.8 Å². The average Bonchev–Trinajstić information content (AvgIpc) is 3.00. The van der Waals surface area contributed by atoms with E-state index < -0.39 is 28.5 Å². The number of para-hydroxylation sites is 1. The van der Waals surface area contributed by atoms with Gasteiger partial charge in [0.25, 0.3) is 10.0 Å². The van der Waals surface area contributed by atoms with Crippen molar-refractivity contribution >= 4 is 62.3 Å². The van der Waals surface area contributed by atoms with E-state index in [-0.39, 0.29) is 23.8 Å². The molecule has 1 N–H and O–H groups in total. The highest BCUT2D eigenvalue weighted by molar-refractivity contribution is 7.92. The van der Waals surface area contributed by atoms with Gasteiger partial charge in [0.05, 0.1) is 20.6 Å². The molecule has 0 heterocycles. The topological polar surface area (TPSA) is 86.8 Å². The van der Waals surface area contributed by atoms with Crippen LogP contribution in [0.25, 0.3) is 0 Å². The molecule has 4 aromatic carbocycles. The average molecular weight is 673 g/mol. The van der Waals surface area contributed by atoms with Gasteiger partial charge in [-0.1, -0.05) is 89.4 Å². The third-order valence-corrected chi connectivity index (χ3v) is 9.79. The number of rotatable bonds is 12. The predicted octanol–water partition coefficient (Wildman–Crippen LogP) is 6.93. The molecule has 0 aliphatic carbocycles. The van der Waals surface area contributed by atoms with Crippen LogP contribution in [0.4, 0.5) is 5.69 Å². The lowest BCUT2D eigenvalue weighted by Crippen LogP contribution is -2.53. The molecule has 4 rings (SSSR count). The highest BCUT2D eigenvalue weighted by atomic mass is 35.5. The van der Waals surface area contributed by atoms with Gasteiger partial charge in [-0.25, -0.2) is 8.42 Å². The van der Waals surface area contributed by atoms with E-state index in [0.29, 0.717) is 38.4 Å². The summed E-state index contributed by atoms with van der Waals surface area (Å²) in [7, 11) is -4.23. The minimum atomic E-state index is -4.23. The maximum Gasteiger partial charge on any atom is 0.264 e. The second-order valence-corrected chi connectivity index (χ2v) is 13.2. The maximum absolute atomic E-state index is 14.4. The molecule has 0 radical (unpaired) electrons. The number of aryl methyl sites for hydroxylation is 1. The lowest BCUT2D eigenvalue weighted by atomic mass is 10.0. The summed E-state index contributed by atoms with van der Waals surface area (Å²) in [6.07, 6.45) is 0.202. The minimum Gasteiger partial charge on any atom is -0.355 e. The Bertz CT molecular complexity index is 1720. The number of hydrogen-bond donors (Lipinski definition) is 1. The number of halogens is 3. The van der Waals surface area contributed by atoms with Crippen LogP contribution in [0, 0.1) is 6.92 Å². The molecule has 4 aromatic rings. The third kappa shape index (κ3) is 8.12. The van der Waals surface area contributed by atoms with Crippen LogP contribution in [0.1, 0.15) is 23.6 Å². The van der Waals surface area contributed by atoms with E-state index in [0.717, 1.165) is 9.87 Å². The zero-order valence-corrected chi connectivity index (χ0v) is 27.3. The number of nitrogens with one attached hydrogen (secondary N) is 1. The van der Waals surface area contributed by atoms with Crippen LogP contribution < -0.4 is 9.62 Å². The Kier molecular flexibility index (Phi) is 11.3. The number of hydrogen-bond acceptors (Lipinski definition) is 4. The zero-order chi connectivity index (χ0) is 31.9. The van der Waals surface area contributed by atoms with E-state index in [9.17, 15) is 18.0 Å². The molecule has 0 bridgehead atoms. The van der Waals surface area contributed by atoms with Gasteiger partial charge in [0.2, 0.25) is 11.8 Å².